The highest BCUT2D eigenvalue weighted by atomic mass is 16.5. The molecule has 130 valence electrons. The van der Waals surface area contributed by atoms with E-state index in [0.717, 1.165) is 18.5 Å². The van der Waals surface area contributed by atoms with Crippen molar-refractivity contribution in [3.63, 3.8) is 0 Å². The fourth-order valence-electron chi connectivity index (χ4n) is 3.28. The number of aryl methyl sites for hydroxylation is 1. The number of carbonyl (C=O) groups excluding carboxylic acids is 1. The van der Waals surface area contributed by atoms with Crippen molar-refractivity contribution < 1.29 is 14.3 Å². The van der Waals surface area contributed by atoms with E-state index in [0.29, 0.717) is 31.3 Å². The van der Waals surface area contributed by atoms with Crippen LogP contribution < -0.4 is 4.74 Å². The lowest BCUT2D eigenvalue weighted by atomic mass is 9.84. The molecule has 2 aromatic rings. The number of nitrogens with zero attached hydrogens (tertiary/aromatic N) is 5. The van der Waals surface area contributed by atoms with Crippen LogP contribution in [0.5, 0.6) is 5.88 Å². The molecule has 8 heteroatoms. The molecule has 1 amide bonds. The monoisotopic (exact) mass is 341 g/mol. The first kappa shape index (κ1) is 15.9. The summed E-state index contributed by atoms with van der Waals surface area (Å²) in [5, 5.41) is 0. The zero-order valence-corrected chi connectivity index (χ0v) is 14.0. The largest absolute Gasteiger partial charge is 0.473 e. The molecule has 0 bridgehead atoms. The Bertz CT molecular complexity index is 747. The first-order chi connectivity index (χ1) is 12.1. The molecule has 0 radical (unpaired) electrons. The van der Waals surface area contributed by atoms with Crippen LogP contribution in [0.4, 0.5) is 0 Å². The molecule has 4 heterocycles. The molecule has 0 aliphatic carbocycles. The number of likely N-dealkylation sites (tertiary alicyclic amines) is 1. The molecule has 0 saturated carbocycles. The van der Waals surface area contributed by atoms with Crippen LogP contribution in [-0.4, -0.2) is 62.1 Å². The van der Waals surface area contributed by atoms with Gasteiger partial charge in [0, 0.05) is 31.4 Å². The van der Waals surface area contributed by atoms with E-state index in [1.165, 1.54) is 6.20 Å². The van der Waals surface area contributed by atoms with Crippen LogP contribution in [0.3, 0.4) is 0 Å². The van der Waals surface area contributed by atoms with Gasteiger partial charge in [0.25, 0.3) is 5.91 Å². The van der Waals surface area contributed by atoms with E-state index in [2.05, 4.69) is 19.9 Å². The summed E-state index contributed by atoms with van der Waals surface area (Å²) < 4.78 is 11.9. The first-order valence-corrected chi connectivity index (χ1v) is 8.28. The molecular weight excluding hydrogens is 322 g/mol. The van der Waals surface area contributed by atoms with Crippen LogP contribution in [0, 0.1) is 6.92 Å². The van der Waals surface area contributed by atoms with E-state index in [1.807, 2.05) is 6.92 Å². The molecule has 2 aliphatic heterocycles. The second kappa shape index (κ2) is 6.36. The highest BCUT2D eigenvalue weighted by Crippen LogP contribution is 2.36. The Morgan fingerprint density at radius 1 is 1.24 bits per heavy atom. The van der Waals surface area contributed by atoms with Gasteiger partial charge >= 0.3 is 0 Å². The zero-order chi connectivity index (χ0) is 17.3. The molecule has 2 saturated heterocycles. The third-order valence-corrected chi connectivity index (χ3v) is 4.52. The van der Waals surface area contributed by atoms with Crippen molar-refractivity contribution in [2.75, 3.05) is 19.7 Å². The molecule has 1 atom stereocenters. The summed E-state index contributed by atoms with van der Waals surface area (Å²) in [4.78, 5) is 30.6. The van der Waals surface area contributed by atoms with E-state index in [-0.39, 0.29) is 17.6 Å². The first-order valence-electron chi connectivity index (χ1n) is 8.28. The van der Waals surface area contributed by atoms with Crippen LogP contribution in [0.1, 0.15) is 29.0 Å². The second-order valence-electron chi connectivity index (χ2n) is 6.51. The van der Waals surface area contributed by atoms with Gasteiger partial charge in [-0.25, -0.2) is 9.97 Å². The molecule has 25 heavy (non-hydrogen) atoms. The smallest absolute Gasteiger partial charge is 0.274 e. The summed E-state index contributed by atoms with van der Waals surface area (Å²) in [6.07, 6.45) is 9.49. The summed E-state index contributed by atoms with van der Waals surface area (Å²) in [6.45, 7) is 3.54. The van der Waals surface area contributed by atoms with E-state index in [9.17, 15) is 4.79 Å². The molecule has 0 unspecified atom stereocenters. The van der Waals surface area contributed by atoms with Crippen molar-refractivity contribution in [2.45, 2.75) is 31.5 Å². The predicted molar refractivity (Wildman–Crippen MR) is 87.0 cm³/mol. The maximum atomic E-state index is 12.5. The van der Waals surface area contributed by atoms with Crippen molar-refractivity contribution in [3.8, 4) is 5.88 Å². The minimum Gasteiger partial charge on any atom is -0.473 e. The van der Waals surface area contributed by atoms with Gasteiger partial charge in [-0.3, -0.25) is 14.8 Å². The molecule has 2 aliphatic rings. The van der Waals surface area contributed by atoms with E-state index >= 15 is 0 Å². The van der Waals surface area contributed by atoms with Crippen molar-refractivity contribution in [1.29, 1.82) is 0 Å². The lowest BCUT2D eigenvalue weighted by molar-refractivity contribution is -0.174. The molecule has 0 aromatic carbocycles. The minimum atomic E-state index is -0.334. The van der Waals surface area contributed by atoms with Crippen LogP contribution in [-0.2, 0) is 4.74 Å². The number of ether oxygens (including phenoxy) is 2. The third kappa shape index (κ3) is 3.30. The third-order valence-electron chi connectivity index (χ3n) is 4.52. The van der Waals surface area contributed by atoms with Crippen LogP contribution >= 0.6 is 0 Å². The van der Waals surface area contributed by atoms with E-state index < -0.39 is 0 Å². The zero-order valence-electron chi connectivity index (χ0n) is 14.0. The standard InChI is InChI=1S/C17H19N5O3/c1-12-7-21-14(8-20-12)16(23)22-10-17(11-22)6-13(2-5-24-17)25-15-9-18-3-4-19-15/h3-4,7-9,13H,2,5-6,10-11H2,1H3/t13-/m1/s1. The molecule has 8 nitrogen and oxygen atoms in total. The number of aromatic nitrogens is 4. The summed E-state index contributed by atoms with van der Waals surface area (Å²) in [6, 6.07) is 0. The average Bonchev–Trinajstić information content (AvgIpc) is 2.61. The van der Waals surface area contributed by atoms with Crippen LogP contribution in [0.2, 0.25) is 0 Å². The maximum absolute atomic E-state index is 12.5. The van der Waals surface area contributed by atoms with Crippen molar-refractivity contribution >= 4 is 5.91 Å². The lowest BCUT2D eigenvalue weighted by Crippen LogP contribution is -2.67. The number of carbonyl (C=O) groups is 1. The van der Waals surface area contributed by atoms with Gasteiger partial charge in [-0.2, -0.15) is 0 Å². The minimum absolute atomic E-state index is 0.0156. The number of amides is 1. The Kier molecular flexibility index (Phi) is 4.04. The van der Waals surface area contributed by atoms with Crippen molar-refractivity contribution in [3.05, 3.63) is 42.4 Å². The Balaban J connectivity index is 1.36. The lowest BCUT2D eigenvalue weighted by Gasteiger charge is -2.52. The molecule has 2 aromatic heterocycles. The van der Waals surface area contributed by atoms with Gasteiger partial charge in [-0.15, -0.1) is 0 Å². The summed E-state index contributed by atoms with van der Waals surface area (Å²) >= 11 is 0. The Morgan fingerprint density at radius 3 is 2.84 bits per heavy atom. The summed E-state index contributed by atoms with van der Waals surface area (Å²) in [7, 11) is 0. The quantitative estimate of drug-likeness (QED) is 0.823. The van der Waals surface area contributed by atoms with Gasteiger partial charge < -0.3 is 14.4 Å². The van der Waals surface area contributed by atoms with E-state index in [1.54, 1.807) is 29.7 Å². The number of hydrogen-bond donors (Lipinski definition) is 0. The van der Waals surface area contributed by atoms with Gasteiger partial charge in [0.2, 0.25) is 5.88 Å². The Morgan fingerprint density at radius 2 is 2.12 bits per heavy atom. The summed E-state index contributed by atoms with van der Waals surface area (Å²) in [5.41, 5.74) is 0.818. The SMILES string of the molecule is Cc1cnc(C(=O)N2CC3(C[C@H](Oc4cnccn4)CCO3)C2)cn1. The van der Waals surface area contributed by atoms with Gasteiger partial charge in [0.15, 0.2) is 0 Å². The Labute approximate surface area is 145 Å². The summed E-state index contributed by atoms with van der Waals surface area (Å²) in [5.74, 6) is 0.408. The average molecular weight is 341 g/mol. The predicted octanol–water partition coefficient (Wildman–Crippen LogP) is 1.03. The van der Waals surface area contributed by atoms with Gasteiger partial charge in [-0.05, 0) is 6.92 Å². The Hall–Kier alpha value is -2.61. The van der Waals surface area contributed by atoms with Crippen LogP contribution in [0.25, 0.3) is 0 Å². The maximum Gasteiger partial charge on any atom is 0.274 e. The fraction of sp³-hybridized carbons (Fsp3) is 0.471. The topological polar surface area (TPSA) is 90.3 Å². The van der Waals surface area contributed by atoms with Crippen molar-refractivity contribution in [1.82, 2.24) is 24.8 Å². The number of hydrogen-bond acceptors (Lipinski definition) is 7. The van der Waals surface area contributed by atoms with Gasteiger partial charge in [0.1, 0.15) is 17.4 Å². The fourth-order valence-corrected chi connectivity index (χ4v) is 3.28. The highest BCUT2D eigenvalue weighted by Gasteiger charge is 2.50. The number of rotatable bonds is 3. The van der Waals surface area contributed by atoms with Gasteiger partial charge in [-0.1, -0.05) is 0 Å². The van der Waals surface area contributed by atoms with Gasteiger partial charge in [0.05, 0.1) is 37.8 Å². The van der Waals surface area contributed by atoms with E-state index in [4.69, 9.17) is 9.47 Å². The molecule has 4 rings (SSSR count). The molecule has 1 spiro atoms. The highest BCUT2D eigenvalue weighted by molar-refractivity contribution is 5.92. The molecule has 0 N–H and O–H groups in total. The molecule has 2 fully saturated rings. The molecular formula is C17H19N5O3. The normalized spacial score (nSPS) is 21.6. The second-order valence-corrected chi connectivity index (χ2v) is 6.51. The van der Waals surface area contributed by atoms with Crippen LogP contribution in [0.15, 0.2) is 31.0 Å². The van der Waals surface area contributed by atoms with Crippen molar-refractivity contribution in [2.24, 2.45) is 0 Å².